The third kappa shape index (κ3) is 2.53. The van der Waals surface area contributed by atoms with Crippen LogP contribution in [0.5, 0.6) is 0 Å². The van der Waals surface area contributed by atoms with E-state index in [1.54, 1.807) is 18.5 Å². The summed E-state index contributed by atoms with van der Waals surface area (Å²) in [4.78, 5) is 6.71. The van der Waals surface area contributed by atoms with Crippen molar-refractivity contribution in [1.29, 1.82) is 0 Å². The van der Waals surface area contributed by atoms with Gasteiger partial charge in [0.25, 0.3) is 0 Å². The lowest BCUT2D eigenvalue weighted by Crippen LogP contribution is -2.39. The summed E-state index contributed by atoms with van der Waals surface area (Å²) in [5.41, 5.74) is 1.33. The number of morpholine rings is 1. The number of anilines is 1. The summed E-state index contributed by atoms with van der Waals surface area (Å²) in [6, 6.07) is 8.63. The van der Waals surface area contributed by atoms with Crippen LogP contribution in [0, 0.1) is 12.7 Å². The van der Waals surface area contributed by atoms with E-state index in [-0.39, 0.29) is 11.9 Å². The molecule has 1 atom stereocenters. The van der Waals surface area contributed by atoms with E-state index in [0.717, 1.165) is 17.3 Å². The topological polar surface area (TPSA) is 55.5 Å². The predicted octanol–water partition coefficient (Wildman–Crippen LogP) is 2.15. The molecule has 0 N–H and O–H groups in total. The normalized spacial score (nSPS) is 18.5. The minimum Gasteiger partial charge on any atom is -0.370 e. The second-order valence-electron chi connectivity index (χ2n) is 5.55. The molecule has 118 valence electrons. The Morgan fingerprint density at radius 2 is 2.17 bits per heavy atom. The molecule has 0 saturated carbocycles. The SMILES string of the molecule is Cc1nc(N2CCOC(c3ccccc3F)C2)cc2nncn12. The van der Waals surface area contributed by atoms with E-state index in [1.807, 2.05) is 23.5 Å². The molecule has 1 aliphatic heterocycles. The van der Waals surface area contributed by atoms with Gasteiger partial charge in [-0.25, -0.2) is 9.37 Å². The molecule has 4 rings (SSSR count). The van der Waals surface area contributed by atoms with Crippen molar-refractivity contribution in [2.24, 2.45) is 0 Å². The molecule has 1 aliphatic rings. The Hall–Kier alpha value is -2.54. The van der Waals surface area contributed by atoms with Crippen LogP contribution < -0.4 is 4.90 Å². The molecule has 23 heavy (non-hydrogen) atoms. The molecule has 0 spiro atoms. The predicted molar refractivity (Wildman–Crippen MR) is 82.8 cm³/mol. The number of rotatable bonds is 2. The third-order valence-corrected chi connectivity index (χ3v) is 4.10. The van der Waals surface area contributed by atoms with Crippen molar-refractivity contribution in [3.63, 3.8) is 0 Å². The van der Waals surface area contributed by atoms with Crippen LogP contribution in [0.3, 0.4) is 0 Å². The van der Waals surface area contributed by atoms with Crippen LogP contribution in [0.1, 0.15) is 17.5 Å². The van der Waals surface area contributed by atoms with Gasteiger partial charge in [0.05, 0.1) is 6.61 Å². The zero-order valence-electron chi connectivity index (χ0n) is 12.7. The van der Waals surface area contributed by atoms with Gasteiger partial charge in [-0.3, -0.25) is 4.40 Å². The molecular formula is C16H16FN5O. The number of ether oxygens (including phenoxy) is 1. The van der Waals surface area contributed by atoms with Crippen LogP contribution >= 0.6 is 0 Å². The van der Waals surface area contributed by atoms with Crippen molar-refractivity contribution in [2.45, 2.75) is 13.0 Å². The largest absolute Gasteiger partial charge is 0.370 e. The van der Waals surface area contributed by atoms with Gasteiger partial charge in [0.2, 0.25) is 0 Å². The monoisotopic (exact) mass is 313 g/mol. The first-order valence-corrected chi connectivity index (χ1v) is 7.51. The molecular weight excluding hydrogens is 297 g/mol. The summed E-state index contributed by atoms with van der Waals surface area (Å²) >= 11 is 0. The molecule has 1 aromatic carbocycles. The second-order valence-corrected chi connectivity index (χ2v) is 5.55. The molecule has 3 heterocycles. The van der Waals surface area contributed by atoms with Gasteiger partial charge in [0.1, 0.15) is 29.9 Å². The maximum absolute atomic E-state index is 14.0. The number of benzene rings is 1. The molecule has 3 aromatic rings. The Bertz CT molecular complexity index is 849. The van der Waals surface area contributed by atoms with Crippen LogP contribution in [-0.4, -0.2) is 39.3 Å². The van der Waals surface area contributed by atoms with E-state index in [9.17, 15) is 4.39 Å². The minimum absolute atomic E-state index is 0.239. The van der Waals surface area contributed by atoms with E-state index in [1.165, 1.54) is 6.07 Å². The lowest BCUT2D eigenvalue weighted by atomic mass is 10.1. The Kier molecular flexibility index (Phi) is 3.42. The van der Waals surface area contributed by atoms with Gasteiger partial charge in [-0.15, -0.1) is 10.2 Å². The van der Waals surface area contributed by atoms with Gasteiger partial charge in [-0.1, -0.05) is 18.2 Å². The summed E-state index contributed by atoms with van der Waals surface area (Å²) in [5, 5.41) is 7.98. The smallest absolute Gasteiger partial charge is 0.165 e. The molecule has 6 nitrogen and oxygen atoms in total. The molecule has 0 amide bonds. The van der Waals surface area contributed by atoms with Crippen molar-refractivity contribution in [3.05, 3.63) is 53.9 Å². The fourth-order valence-electron chi connectivity index (χ4n) is 2.90. The first-order chi connectivity index (χ1) is 11.2. The highest BCUT2D eigenvalue weighted by Gasteiger charge is 2.25. The van der Waals surface area contributed by atoms with Crippen molar-refractivity contribution in [3.8, 4) is 0 Å². The Morgan fingerprint density at radius 3 is 3.04 bits per heavy atom. The van der Waals surface area contributed by atoms with Crippen molar-refractivity contribution in [1.82, 2.24) is 19.6 Å². The van der Waals surface area contributed by atoms with Crippen LogP contribution in [0.15, 0.2) is 36.7 Å². The van der Waals surface area contributed by atoms with Gasteiger partial charge >= 0.3 is 0 Å². The Morgan fingerprint density at radius 1 is 1.30 bits per heavy atom. The van der Waals surface area contributed by atoms with E-state index in [0.29, 0.717) is 25.3 Å². The zero-order chi connectivity index (χ0) is 15.8. The summed E-state index contributed by atoms with van der Waals surface area (Å²) in [6.45, 7) is 3.70. The zero-order valence-corrected chi connectivity index (χ0v) is 12.7. The number of aryl methyl sites for hydroxylation is 1. The molecule has 0 bridgehead atoms. The molecule has 1 fully saturated rings. The summed E-state index contributed by atoms with van der Waals surface area (Å²) in [7, 11) is 0. The van der Waals surface area contributed by atoms with Gasteiger partial charge < -0.3 is 9.64 Å². The van der Waals surface area contributed by atoms with Gasteiger partial charge in [0, 0.05) is 24.7 Å². The molecule has 1 unspecified atom stereocenters. The second kappa shape index (κ2) is 5.58. The van der Waals surface area contributed by atoms with Crippen molar-refractivity contribution >= 4 is 11.5 Å². The summed E-state index contributed by atoms with van der Waals surface area (Å²) in [6.07, 6.45) is 1.34. The van der Waals surface area contributed by atoms with Gasteiger partial charge in [-0.2, -0.15) is 0 Å². The number of fused-ring (bicyclic) bond motifs is 1. The highest BCUT2D eigenvalue weighted by atomic mass is 19.1. The number of halogens is 1. The average molecular weight is 313 g/mol. The van der Waals surface area contributed by atoms with Crippen molar-refractivity contribution in [2.75, 3.05) is 24.6 Å². The van der Waals surface area contributed by atoms with Crippen LogP contribution in [-0.2, 0) is 4.74 Å². The van der Waals surface area contributed by atoms with Crippen molar-refractivity contribution < 1.29 is 9.13 Å². The highest BCUT2D eigenvalue weighted by Crippen LogP contribution is 2.27. The molecule has 2 aromatic heterocycles. The Labute approximate surface area is 132 Å². The van der Waals surface area contributed by atoms with Crippen LogP contribution in [0.4, 0.5) is 10.2 Å². The van der Waals surface area contributed by atoms with E-state index in [2.05, 4.69) is 20.1 Å². The fourth-order valence-corrected chi connectivity index (χ4v) is 2.90. The standard InChI is InChI=1S/C16H16FN5O/c1-11-19-15(8-16-20-18-10-22(11)16)21-6-7-23-14(9-21)12-4-2-3-5-13(12)17/h2-5,8,10,14H,6-7,9H2,1H3. The van der Waals surface area contributed by atoms with E-state index in [4.69, 9.17) is 4.74 Å². The van der Waals surface area contributed by atoms with Crippen LogP contribution in [0.2, 0.25) is 0 Å². The average Bonchev–Trinajstić information content (AvgIpc) is 3.04. The summed E-state index contributed by atoms with van der Waals surface area (Å²) < 4.78 is 21.6. The fraction of sp³-hybridized carbons (Fsp3) is 0.312. The molecule has 0 radical (unpaired) electrons. The summed E-state index contributed by atoms with van der Waals surface area (Å²) in [5.74, 6) is 1.39. The minimum atomic E-state index is -0.304. The first kappa shape index (κ1) is 14.1. The van der Waals surface area contributed by atoms with E-state index < -0.39 is 0 Å². The number of nitrogens with zero attached hydrogens (tertiary/aromatic N) is 5. The molecule has 7 heteroatoms. The van der Waals surface area contributed by atoms with Gasteiger partial charge in [-0.05, 0) is 13.0 Å². The van der Waals surface area contributed by atoms with Gasteiger partial charge in [0.15, 0.2) is 5.65 Å². The lowest BCUT2D eigenvalue weighted by molar-refractivity contribution is 0.0372. The number of hydrogen-bond acceptors (Lipinski definition) is 5. The van der Waals surface area contributed by atoms with E-state index >= 15 is 0 Å². The number of hydrogen-bond donors (Lipinski definition) is 0. The molecule has 1 saturated heterocycles. The highest BCUT2D eigenvalue weighted by molar-refractivity contribution is 5.51. The lowest BCUT2D eigenvalue weighted by Gasteiger charge is -2.34. The quantitative estimate of drug-likeness (QED) is 0.725. The number of aromatic nitrogens is 4. The maximum atomic E-state index is 14.0. The van der Waals surface area contributed by atoms with Crippen LogP contribution in [0.25, 0.3) is 5.65 Å². The maximum Gasteiger partial charge on any atom is 0.165 e. The third-order valence-electron chi connectivity index (χ3n) is 4.10. The Balaban J connectivity index is 1.65. The molecule has 0 aliphatic carbocycles. The first-order valence-electron chi connectivity index (χ1n) is 7.51.